The number of likely N-dealkylation sites (tertiary alicyclic amines) is 1. The van der Waals surface area contributed by atoms with Crippen molar-refractivity contribution in [3.8, 4) is 0 Å². The van der Waals surface area contributed by atoms with Crippen LogP contribution in [-0.2, 0) is 28.8 Å². The van der Waals surface area contributed by atoms with E-state index in [-0.39, 0.29) is 35.0 Å². The number of anilines is 1. The second kappa shape index (κ2) is 9.49. The van der Waals surface area contributed by atoms with E-state index in [0.717, 1.165) is 16.2 Å². The van der Waals surface area contributed by atoms with E-state index in [0.29, 0.717) is 0 Å². The average molecular weight is 443 g/mol. The molecule has 2 rings (SSSR count). The number of aromatic nitrogens is 1. The molecule has 14 heteroatoms. The molecule has 1 fully saturated rings. The normalized spacial score (nSPS) is 19.9. The van der Waals surface area contributed by atoms with E-state index < -0.39 is 34.9 Å². The van der Waals surface area contributed by atoms with Gasteiger partial charge in [-0.25, -0.2) is 9.78 Å². The highest BCUT2D eigenvalue weighted by Gasteiger charge is 2.50. The van der Waals surface area contributed by atoms with Crippen LogP contribution < -0.4 is 11.1 Å². The third-order valence-corrected chi connectivity index (χ3v) is 4.91. The van der Waals surface area contributed by atoms with Gasteiger partial charge in [-0.1, -0.05) is 5.16 Å². The van der Waals surface area contributed by atoms with Gasteiger partial charge in [0.1, 0.15) is 29.9 Å². The summed E-state index contributed by atoms with van der Waals surface area (Å²) in [6.07, 6.45) is 0.280. The van der Waals surface area contributed by atoms with E-state index in [1.165, 1.54) is 19.6 Å². The van der Waals surface area contributed by atoms with Gasteiger partial charge in [-0.15, -0.1) is 11.3 Å². The number of carbonyl (C=O) groups is 4. The molecule has 4 N–H and O–H groups in total. The molecule has 1 aromatic heterocycles. The van der Waals surface area contributed by atoms with Gasteiger partial charge in [0.05, 0.1) is 6.61 Å². The van der Waals surface area contributed by atoms with Crippen LogP contribution >= 0.6 is 24.0 Å². The van der Waals surface area contributed by atoms with Crippen LogP contribution in [0.15, 0.2) is 21.8 Å². The zero-order valence-electron chi connectivity index (χ0n) is 15.2. The monoisotopic (exact) mass is 443 g/mol. The fourth-order valence-corrected chi connectivity index (χ4v) is 3.44. The maximum absolute atomic E-state index is 12.5. The molecule has 0 spiro atoms. The lowest BCUT2D eigenvalue weighted by Gasteiger charge is -2.44. The van der Waals surface area contributed by atoms with Gasteiger partial charge < -0.3 is 25.7 Å². The number of ether oxygens (including phenoxy) is 1. The molecule has 156 valence electrons. The quantitative estimate of drug-likeness (QED) is 0.0917. The highest BCUT2D eigenvalue weighted by molar-refractivity contribution is 7.81. The topological polar surface area (TPSA) is 174 Å². The lowest BCUT2D eigenvalue weighted by atomic mass is 10.0. The van der Waals surface area contributed by atoms with Crippen LogP contribution in [0.25, 0.3) is 0 Å². The van der Waals surface area contributed by atoms with Crippen molar-refractivity contribution >= 4 is 58.9 Å². The van der Waals surface area contributed by atoms with E-state index in [4.69, 9.17) is 10.5 Å². The molecule has 2 atom stereocenters. The molecule has 0 aliphatic carbocycles. The minimum atomic E-state index is -1.51. The highest BCUT2D eigenvalue weighted by Crippen LogP contribution is 2.30. The molecule has 1 aromatic rings. The van der Waals surface area contributed by atoms with Crippen LogP contribution in [0, 0.1) is 0 Å². The van der Waals surface area contributed by atoms with Gasteiger partial charge in [0.2, 0.25) is 0 Å². The SMILES string of the molecule is COCC(C=O)=C(C(=O)O)N1C(=O)[C@@H](NC(=O)/C(=N\OC)c2csc(N)n2)[C@H]1S. The van der Waals surface area contributed by atoms with E-state index in [2.05, 4.69) is 32.9 Å². The number of thiazole rings is 1. The number of nitrogen functional groups attached to an aromatic ring is 1. The number of aldehydes is 1. The van der Waals surface area contributed by atoms with E-state index >= 15 is 0 Å². The lowest BCUT2D eigenvalue weighted by molar-refractivity contribution is -0.150. The summed E-state index contributed by atoms with van der Waals surface area (Å²) in [6, 6.07) is -1.17. The summed E-state index contributed by atoms with van der Waals surface area (Å²) < 4.78 is 4.79. The van der Waals surface area contributed by atoms with Crippen molar-refractivity contribution in [2.75, 3.05) is 26.6 Å². The van der Waals surface area contributed by atoms with Gasteiger partial charge in [-0.2, -0.15) is 12.6 Å². The molecule has 1 saturated heterocycles. The van der Waals surface area contributed by atoms with Crippen LogP contribution in [0.2, 0.25) is 0 Å². The van der Waals surface area contributed by atoms with Gasteiger partial charge in [-0.05, 0) is 0 Å². The Balaban J connectivity index is 2.23. The smallest absolute Gasteiger partial charge is 0.353 e. The standard InChI is InChI=1S/C15H17N5O7S2/c1-26-4-6(3-21)10(14(24)25)20-12(23)9(13(20)28)18-11(22)8(19-27-2)7-5-29-15(16)17-7/h3,5,9,13,28H,4H2,1-2H3,(H2,16,17)(H,18,22)(H,24,25)/b10-6?,19-8-/t9-,13-/m1/s1. The summed E-state index contributed by atoms with van der Waals surface area (Å²) in [4.78, 5) is 57.2. The maximum Gasteiger partial charge on any atom is 0.353 e. The number of β-lactam (4-membered cyclic amide) rings is 1. The number of oxime groups is 1. The Hall–Kier alpha value is -2.97. The van der Waals surface area contributed by atoms with Gasteiger partial charge in [0, 0.05) is 18.1 Å². The Morgan fingerprint density at radius 3 is 2.66 bits per heavy atom. The first-order valence-corrected chi connectivity index (χ1v) is 9.21. The van der Waals surface area contributed by atoms with Crippen LogP contribution in [0.1, 0.15) is 5.69 Å². The first-order valence-electron chi connectivity index (χ1n) is 7.81. The number of hydrogen-bond donors (Lipinski definition) is 4. The molecule has 0 bridgehead atoms. The first kappa shape index (κ1) is 22.3. The minimum Gasteiger partial charge on any atom is -0.477 e. The molecule has 29 heavy (non-hydrogen) atoms. The van der Waals surface area contributed by atoms with Crippen LogP contribution in [0.4, 0.5) is 5.13 Å². The van der Waals surface area contributed by atoms with Crippen molar-refractivity contribution in [2.24, 2.45) is 5.16 Å². The fraction of sp³-hybridized carbons (Fsp3) is 0.333. The second-order valence-corrected chi connectivity index (χ2v) is 6.92. The van der Waals surface area contributed by atoms with Crippen molar-refractivity contribution in [3.63, 3.8) is 0 Å². The molecular formula is C15H17N5O7S2. The molecule has 2 heterocycles. The third-order valence-electron chi connectivity index (χ3n) is 3.70. The summed E-state index contributed by atoms with van der Waals surface area (Å²) >= 11 is 5.27. The minimum absolute atomic E-state index is 0.139. The van der Waals surface area contributed by atoms with Crippen molar-refractivity contribution in [1.82, 2.24) is 15.2 Å². The van der Waals surface area contributed by atoms with Gasteiger partial charge in [0.25, 0.3) is 11.8 Å². The van der Waals surface area contributed by atoms with Crippen LogP contribution in [0.3, 0.4) is 0 Å². The first-order chi connectivity index (χ1) is 13.8. The van der Waals surface area contributed by atoms with Gasteiger partial charge in [-0.3, -0.25) is 19.3 Å². The second-order valence-electron chi connectivity index (χ2n) is 5.50. The Bertz CT molecular complexity index is 897. The molecule has 1 aliphatic rings. The summed E-state index contributed by atoms with van der Waals surface area (Å²) in [7, 11) is 2.49. The molecule has 1 aliphatic heterocycles. The van der Waals surface area contributed by atoms with Crippen molar-refractivity contribution < 1.29 is 33.9 Å². The number of carboxylic acid groups (broad SMARTS) is 1. The Kier molecular flexibility index (Phi) is 7.30. The van der Waals surface area contributed by atoms with Crippen LogP contribution in [-0.4, -0.2) is 77.0 Å². The van der Waals surface area contributed by atoms with Crippen molar-refractivity contribution in [2.45, 2.75) is 11.4 Å². The number of carbonyl (C=O) groups excluding carboxylic acids is 3. The largest absolute Gasteiger partial charge is 0.477 e. The Morgan fingerprint density at radius 2 is 2.21 bits per heavy atom. The summed E-state index contributed by atoms with van der Waals surface area (Å²) in [6.45, 7) is -0.317. The number of carboxylic acids is 1. The molecule has 0 saturated carbocycles. The predicted octanol–water partition coefficient (Wildman–Crippen LogP) is -1.16. The number of thiol groups is 1. The Morgan fingerprint density at radius 1 is 1.52 bits per heavy atom. The maximum atomic E-state index is 12.5. The average Bonchev–Trinajstić information content (AvgIpc) is 3.12. The van der Waals surface area contributed by atoms with E-state index in [1.807, 2.05) is 0 Å². The van der Waals surface area contributed by atoms with Crippen molar-refractivity contribution in [3.05, 3.63) is 22.3 Å². The number of nitrogens with one attached hydrogen (secondary N) is 1. The lowest BCUT2D eigenvalue weighted by Crippen LogP contribution is -2.69. The van der Waals surface area contributed by atoms with Crippen LogP contribution in [0.5, 0.6) is 0 Å². The number of methoxy groups -OCH3 is 1. The molecule has 0 radical (unpaired) electrons. The van der Waals surface area contributed by atoms with Crippen molar-refractivity contribution in [1.29, 1.82) is 0 Å². The molecule has 2 amide bonds. The number of hydrogen-bond acceptors (Lipinski definition) is 11. The number of aliphatic carboxylic acids is 1. The molecular weight excluding hydrogens is 426 g/mol. The molecule has 0 unspecified atom stereocenters. The Labute approximate surface area is 173 Å². The zero-order valence-corrected chi connectivity index (χ0v) is 16.9. The third kappa shape index (κ3) is 4.55. The number of nitrogens with zero attached hydrogens (tertiary/aromatic N) is 3. The van der Waals surface area contributed by atoms with Gasteiger partial charge >= 0.3 is 5.97 Å². The number of nitrogens with two attached hydrogens (primary N) is 1. The highest BCUT2D eigenvalue weighted by atomic mass is 32.1. The number of amides is 2. The van der Waals surface area contributed by atoms with E-state index in [9.17, 15) is 24.3 Å². The predicted molar refractivity (Wildman–Crippen MR) is 104 cm³/mol. The molecule has 12 nitrogen and oxygen atoms in total. The summed E-state index contributed by atoms with van der Waals surface area (Å²) in [5, 5.41) is 16.0. The fourth-order valence-electron chi connectivity index (χ4n) is 2.46. The zero-order chi connectivity index (χ0) is 21.7. The summed E-state index contributed by atoms with van der Waals surface area (Å²) in [5.74, 6) is -3.09. The van der Waals surface area contributed by atoms with E-state index in [1.54, 1.807) is 0 Å². The molecule has 0 aromatic carbocycles. The van der Waals surface area contributed by atoms with Gasteiger partial charge in [0.15, 0.2) is 17.1 Å². The number of rotatable bonds is 9. The summed E-state index contributed by atoms with van der Waals surface area (Å²) in [5.41, 5.74) is 4.63.